The van der Waals surface area contributed by atoms with Crippen LogP contribution >= 0.6 is 0 Å². The van der Waals surface area contributed by atoms with Crippen molar-refractivity contribution in [2.24, 2.45) is 5.92 Å². The molecule has 4 rings (SSSR count). The van der Waals surface area contributed by atoms with Gasteiger partial charge in [-0.15, -0.1) is 0 Å². The van der Waals surface area contributed by atoms with Crippen LogP contribution < -0.4 is 4.74 Å². The Bertz CT molecular complexity index is 851. The first-order valence-electron chi connectivity index (χ1n) is 8.57. The van der Waals surface area contributed by atoms with Gasteiger partial charge in [-0.2, -0.15) is 0 Å². The van der Waals surface area contributed by atoms with E-state index in [2.05, 4.69) is 4.98 Å². The summed E-state index contributed by atoms with van der Waals surface area (Å²) in [5.74, 6) is 0.829. The van der Waals surface area contributed by atoms with Gasteiger partial charge in [0.25, 0.3) is 5.91 Å². The molecule has 130 valence electrons. The molecule has 2 fully saturated rings. The second-order valence-electron chi connectivity index (χ2n) is 6.81. The van der Waals surface area contributed by atoms with Crippen LogP contribution in [0.1, 0.15) is 23.2 Å². The van der Waals surface area contributed by atoms with Gasteiger partial charge in [-0.1, -0.05) is 18.2 Å². The van der Waals surface area contributed by atoms with E-state index in [1.807, 2.05) is 41.1 Å². The minimum Gasteiger partial charge on any atom is -0.481 e. The van der Waals surface area contributed by atoms with E-state index in [0.29, 0.717) is 31.0 Å². The molecular weight excluding hydrogens is 318 g/mol. The molecule has 0 radical (unpaired) electrons. The first-order valence-corrected chi connectivity index (χ1v) is 8.57. The monoisotopic (exact) mass is 339 g/mol. The molecule has 0 spiro atoms. The molecule has 3 heterocycles. The summed E-state index contributed by atoms with van der Waals surface area (Å²) in [6.45, 7) is 1.29. The minimum atomic E-state index is -0.0163. The highest BCUT2D eigenvalue weighted by atomic mass is 16.5. The Kier molecular flexibility index (Phi) is 3.82. The molecule has 1 aromatic carbocycles. The summed E-state index contributed by atoms with van der Waals surface area (Å²) in [6.07, 6.45) is 1.37. The second kappa shape index (κ2) is 6.02. The van der Waals surface area contributed by atoms with Crippen LogP contribution in [0.3, 0.4) is 0 Å². The zero-order chi connectivity index (χ0) is 17.6. The van der Waals surface area contributed by atoms with Crippen LogP contribution in [-0.2, 0) is 4.79 Å². The fourth-order valence-electron chi connectivity index (χ4n) is 4.07. The highest BCUT2D eigenvalue weighted by Gasteiger charge is 2.42. The lowest BCUT2D eigenvalue weighted by molar-refractivity contribution is -0.127. The van der Waals surface area contributed by atoms with Crippen LogP contribution in [-0.4, -0.2) is 59.9 Å². The lowest BCUT2D eigenvalue weighted by Gasteiger charge is -2.36. The number of benzene rings is 1. The number of methoxy groups -OCH3 is 1. The molecule has 2 saturated heterocycles. The average molecular weight is 339 g/mol. The Morgan fingerprint density at radius 1 is 1.32 bits per heavy atom. The van der Waals surface area contributed by atoms with Gasteiger partial charge in [0, 0.05) is 50.0 Å². The maximum atomic E-state index is 13.2. The molecular formula is C19H21N3O3. The number of likely N-dealkylation sites (tertiary alicyclic amines) is 2. The molecule has 1 aromatic heterocycles. The molecule has 0 saturated carbocycles. The molecule has 6 nitrogen and oxygen atoms in total. The zero-order valence-electron chi connectivity index (χ0n) is 14.4. The maximum absolute atomic E-state index is 13.2. The predicted molar refractivity (Wildman–Crippen MR) is 93.5 cm³/mol. The van der Waals surface area contributed by atoms with Crippen LogP contribution in [0.5, 0.6) is 5.88 Å². The number of ether oxygens (including phenoxy) is 1. The van der Waals surface area contributed by atoms with E-state index in [0.717, 1.165) is 17.3 Å². The molecule has 0 N–H and O–H groups in total. The second-order valence-corrected chi connectivity index (χ2v) is 6.81. The zero-order valence-corrected chi connectivity index (χ0v) is 14.4. The Morgan fingerprint density at radius 2 is 2.12 bits per heavy atom. The largest absolute Gasteiger partial charge is 0.481 e. The number of hydrogen-bond donors (Lipinski definition) is 0. The van der Waals surface area contributed by atoms with Crippen molar-refractivity contribution in [2.45, 2.75) is 18.9 Å². The molecule has 0 aliphatic carbocycles. The quantitative estimate of drug-likeness (QED) is 0.839. The van der Waals surface area contributed by atoms with Gasteiger partial charge in [0.2, 0.25) is 11.8 Å². The van der Waals surface area contributed by atoms with Gasteiger partial charge < -0.3 is 14.5 Å². The summed E-state index contributed by atoms with van der Waals surface area (Å²) < 4.78 is 5.26. The van der Waals surface area contributed by atoms with Crippen molar-refractivity contribution >= 4 is 22.7 Å². The average Bonchev–Trinajstić information content (AvgIpc) is 2.93. The summed E-state index contributed by atoms with van der Waals surface area (Å²) in [4.78, 5) is 33.2. The molecule has 0 unspecified atom stereocenters. The van der Waals surface area contributed by atoms with Gasteiger partial charge in [-0.05, 0) is 12.5 Å². The lowest BCUT2D eigenvalue weighted by atomic mass is 9.92. The van der Waals surface area contributed by atoms with Gasteiger partial charge in [-0.3, -0.25) is 9.59 Å². The highest BCUT2D eigenvalue weighted by Crippen LogP contribution is 2.32. The standard InChI is InChI=1S/C19H21N3O3/c1-21-16-7-8-22(11-12(16)9-18(21)23)19(24)14-10-17(25-2)20-15-6-4-3-5-13(14)15/h3-6,10,12,16H,7-9,11H2,1-2H3/t12-,16+/m1/s1. The van der Waals surface area contributed by atoms with E-state index < -0.39 is 0 Å². The molecule has 6 heteroatoms. The van der Waals surface area contributed by atoms with Crippen LogP contribution in [0.2, 0.25) is 0 Å². The first-order chi connectivity index (χ1) is 12.1. The van der Waals surface area contributed by atoms with Crippen LogP contribution in [0, 0.1) is 5.92 Å². The number of nitrogens with zero attached hydrogens (tertiary/aromatic N) is 3. The maximum Gasteiger partial charge on any atom is 0.254 e. The number of aromatic nitrogens is 1. The molecule has 2 amide bonds. The number of rotatable bonds is 2. The van der Waals surface area contributed by atoms with Crippen molar-refractivity contribution < 1.29 is 14.3 Å². The van der Waals surface area contributed by atoms with E-state index in [1.54, 1.807) is 13.2 Å². The molecule has 2 aliphatic rings. The van der Waals surface area contributed by atoms with Gasteiger partial charge in [0.15, 0.2) is 0 Å². The Morgan fingerprint density at radius 3 is 2.92 bits per heavy atom. The molecule has 0 bridgehead atoms. The summed E-state index contributed by atoms with van der Waals surface area (Å²) in [7, 11) is 3.42. The van der Waals surface area contributed by atoms with Gasteiger partial charge in [0.05, 0.1) is 18.2 Å². The molecule has 2 aromatic rings. The summed E-state index contributed by atoms with van der Waals surface area (Å²) in [5, 5.41) is 0.829. The molecule has 2 atom stereocenters. The van der Waals surface area contributed by atoms with Crippen molar-refractivity contribution in [1.82, 2.24) is 14.8 Å². The van der Waals surface area contributed by atoms with Crippen LogP contribution in [0.15, 0.2) is 30.3 Å². The smallest absolute Gasteiger partial charge is 0.254 e. The van der Waals surface area contributed by atoms with Gasteiger partial charge in [-0.25, -0.2) is 4.98 Å². The van der Waals surface area contributed by atoms with Crippen molar-refractivity contribution in [3.8, 4) is 5.88 Å². The minimum absolute atomic E-state index is 0.0163. The number of hydrogen-bond acceptors (Lipinski definition) is 4. The number of fused-ring (bicyclic) bond motifs is 2. The Balaban J connectivity index is 1.66. The third-order valence-corrected chi connectivity index (χ3v) is 5.44. The van der Waals surface area contributed by atoms with Gasteiger partial charge >= 0.3 is 0 Å². The third kappa shape index (κ3) is 2.62. The SMILES string of the molecule is COc1cc(C(=O)N2CC[C@H]3[C@H](CC(=O)N3C)C2)c2ccccc2n1. The molecule has 25 heavy (non-hydrogen) atoms. The van der Waals surface area contributed by atoms with Crippen molar-refractivity contribution in [3.05, 3.63) is 35.9 Å². The normalized spacial score (nSPS) is 23.0. The highest BCUT2D eigenvalue weighted by molar-refractivity contribution is 6.06. The van der Waals surface area contributed by atoms with E-state index in [9.17, 15) is 9.59 Å². The first kappa shape index (κ1) is 15.9. The fourth-order valence-corrected chi connectivity index (χ4v) is 4.07. The number of pyridine rings is 1. The number of piperidine rings is 1. The topological polar surface area (TPSA) is 62.7 Å². The number of carbonyl (C=O) groups is 2. The molecule has 2 aliphatic heterocycles. The number of carbonyl (C=O) groups excluding carboxylic acids is 2. The van der Waals surface area contributed by atoms with Crippen molar-refractivity contribution in [3.63, 3.8) is 0 Å². The van der Waals surface area contributed by atoms with E-state index in [1.165, 1.54) is 0 Å². The van der Waals surface area contributed by atoms with Crippen LogP contribution in [0.4, 0.5) is 0 Å². The predicted octanol–water partition coefficient (Wildman–Crippen LogP) is 1.94. The van der Waals surface area contributed by atoms with E-state index in [4.69, 9.17) is 4.74 Å². The third-order valence-electron chi connectivity index (χ3n) is 5.44. The summed E-state index contributed by atoms with van der Waals surface area (Å²) in [5.41, 5.74) is 1.36. The van der Waals surface area contributed by atoms with Gasteiger partial charge in [0.1, 0.15) is 0 Å². The van der Waals surface area contributed by atoms with Crippen molar-refractivity contribution in [1.29, 1.82) is 0 Å². The van der Waals surface area contributed by atoms with E-state index >= 15 is 0 Å². The summed E-state index contributed by atoms with van der Waals surface area (Å²) in [6, 6.07) is 9.57. The Labute approximate surface area is 146 Å². The number of para-hydroxylation sites is 1. The Hall–Kier alpha value is -2.63. The fraction of sp³-hybridized carbons (Fsp3) is 0.421. The van der Waals surface area contributed by atoms with Crippen LogP contribution in [0.25, 0.3) is 10.9 Å². The van der Waals surface area contributed by atoms with Crippen molar-refractivity contribution in [2.75, 3.05) is 27.2 Å². The van der Waals surface area contributed by atoms with E-state index in [-0.39, 0.29) is 23.8 Å². The summed E-state index contributed by atoms with van der Waals surface area (Å²) >= 11 is 0. The number of amides is 2. The lowest BCUT2D eigenvalue weighted by Crippen LogP contribution is -2.47.